The normalized spacial score (nSPS) is 13.5. The molecule has 14 heteroatoms. The average Bonchev–Trinajstić information content (AvgIpc) is 3.13. The molecule has 3 heterocycles. The lowest BCUT2D eigenvalue weighted by molar-refractivity contribution is -0.287. The highest BCUT2D eigenvalue weighted by Crippen LogP contribution is 2.37. The van der Waals surface area contributed by atoms with Crippen LogP contribution >= 0.6 is 11.3 Å². The van der Waals surface area contributed by atoms with Crippen LogP contribution in [0.5, 0.6) is 0 Å². The number of rotatable bonds is 3. The summed E-state index contributed by atoms with van der Waals surface area (Å²) in [6, 6.07) is 0. The molecule has 0 amide bonds. The van der Waals surface area contributed by atoms with Crippen LogP contribution in [0.1, 0.15) is 5.69 Å². The molecule has 5 nitrogen and oxygen atoms in total. The Bertz CT molecular complexity index is 1050. The van der Waals surface area contributed by atoms with Crippen molar-refractivity contribution in [3.05, 3.63) is 40.0 Å². The van der Waals surface area contributed by atoms with E-state index in [0.29, 0.717) is 12.4 Å². The number of aromatic nitrogens is 4. The molecule has 0 aliphatic carbocycles. The van der Waals surface area contributed by atoms with Crippen molar-refractivity contribution in [3.63, 3.8) is 0 Å². The molecule has 0 saturated carbocycles. The van der Waals surface area contributed by atoms with Crippen LogP contribution < -0.4 is 5.56 Å². The Balaban J connectivity index is 2.13. The van der Waals surface area contributed by atoms with Crippen LogP contribution in [-0.2, 0) is 12.7 Å². The number of nitrogens with zero attached hydrogens (tertiary/aromatic N) is 4. The Hall–Kier alpha value is -2.51. The van der Waals surface area contributed by atoms with Crippen molar-refractivity contribution in [2.24, 2.45) is 0 Å². The van der Waals surface area contributed by atoms with Crippen molar-refractivity contribution in [3.8, 4) is 11.1 Å². The molecule has 0 aromatic carbocycles. The quantitative estimate of drug-likeness (QED) is 0.608. The van der Waals surface area contributed by atoms with Gasteiger partial charge in [0.05, 0.1) is 11.8 Å². The second-order valence-corrected chi connectivity index (χ2v) is 6.20. The zero-order chi connectivity index (χ0) is 20.2. The maximum atomic E-state index is 13.3. The van der Waals surface area contributed by atoms with Gasteiger partial charge in [0.2, 0.25) is 0 Å². The third-order valence-corrected chi connectivity index (χ3v) is 4.19. The number of hydrogen-bond donors (Lipinski definition) is 0. The van der Waals surface area contributed by atoms with Crippen LogP contribution in [0.4, 0.5) is 35.1 Å². The maximum absolute atomic E-state index is 13.3. The molecule has 0 aliphatic rings. The molecule has 3 aromatic rings. The predicted octanol–water partition coefficient (Wildman–Crippen LogP) is 3.84. The lowest BCUT2D eigenvalue weighted by Gasteiger charge is -2.19. The van der Waals surface area contributed by atoms with Crippen molar-refractivity contribution >= 4 is 16.3 Å². The molecule has 0 bridgehead atoms. The molecule has 0 atom stereocenters. The number of hydrogen-bond acceptors (Lipinski definition) is 4. The van der Waals surface area contributed by atoms with Gasteiger partial charge in [0.1, 0.15) is 6.54 Å². The minimum Gasteiger partial charge on any atom is -0.268 e. The SMILES string of the molecule is O=c1c(-c2cnn(CC(F)(F)C(F)(F)F)c2)c(C(F)(F)F)nc2sccn12. The molecule has 0 spiro atoms. The van der Waals surface area contributed by atoms with Crippen molar-refractivity contribution < 1.29 is 35.1 Å². The van der Waals surface area contributed by atoms with E-state index in [-0.39, 0.29) is 9.64 Å². The minimum absolute atomic E-state index is 0.116. The van der Waals surface area contributed by atoms with E-state index in [1.54, 1.807) is 0 Å². The molecule has 0 N–H and O–H groups in total. The Morgan fingerprint density at radius 1 is 1.07 bits per heavy atom. The summed E-state index contributed by atoms with van der Waals surface area (Å²) in [5, 5.41) is 4.53. The van der Waals surface area contributed by atoms with E-state index in [2.05, 4.69) is 10.1 Å². The van der Waals surface area contributed by atoms with Crippen LogP contribution in [0.2, 0.25) is 0 Å². The molecule has 0 radical (unpaired) electrons. The van der Waals surface area contributed by atoms with Crippen molar-refractivity contribution in [1.82, 2.24) is 19.2 Å². The predicted molar refractivity (Wildman–Crippen MR) is 76.6 cm³/mol. The topological polar surface area (TPSA) is 52.2 Å². The number of thiazole rings is 1. The summed E-state index contributed by atoms with van der Waals surface area (Å²) in [6.45, 7) is -1.95. The molecule has 3 aromatic heterocycles. The van der Waals surface area contributed by atoms with E-state index >= 15 is 0 Å². The Morgan fingerprint density at radius 3 is 2.33 bits per heavy atom. The van der Waals surface area contributed by atoms with Crippen molar-refractivity contribution in [2.75, 3.05) is 0 Å². The molecule has 3 rings (SSSR count). The summed E-state index contributed by atoms with van der Waals surface area (Å²) in [6.07, 6.45) is -8.68. The molecule has 0 aliphatic heterocycles. The molecular formula is C13H6F8N4OS. The van der Waals surface area contributed by atoms with E-state index in [4.69, 9.17) is 0 Å². The highest BCUT2D eigenvalue weighted by molar-refractivity contribution is 7.15. The Kier molecular flexibility index (Phi) is 4.28. The van der Waals surface area contributed by atoms with E-state index in [9.17, 15) is 39.9 Å². The highest BCUT2D eigenvalue weighted by atomic mass is 32.1. The Labute approximate surface area is 147 Å². The molecule has 27 heavy (non-hydrogen) atoms. The summed E-state index contributed by atoms with van der Waals surface area (Å²) in [5.74, 6) is -5.16. The summed E-state index contributed by atoms with van der Waals surface area (Å²) in [5.41, 5.74) is -4.33. The van der Waals surface area contributed by atoms with Gasteiger partial charge < -0.3 is 0 Å². The summed E-state index contributed by atoms with van der Waals surface area (Å²) in [4.78, 5) is 15.5. The first-order valence-corrected chi connectivity index (χ1v) is 7.73. The third kappa shape index (κ3) is 3.40. The molecule has 0 fully saturated rings. The first-order valence-electron chi connectivity index (χ1n) is 6.86. The van der Waals surface area contributed by atoms with Crippen LogP contribution in [0.25, 0.3) is 16.1 Å². The van der Waals surface area contributed by atoms with Gasteiger partial charge >= 0.3 is 18.3 Å². The standard InChI is InChI=1S/C13H6F8N4OS/c14-11(15,13(19,20)21)5-24-4-6(3-22-24)7-8(12(16,17)18)23-10-25(9(7)26)1-2-27-10/h1-4H,5H2. The summed E-state index contributed by atoms with van der Waals surface area (Å²) >= 11 is 0.758. The monoisotopic (exact) mass is 418 g/mol. The molecule has 0 saturated heterocycles. The maximum Gasteiger partial charge on any atom is 0.455 e. The number of halogens is 8. The van der Waals surface area contributed by atoms with Crippen molar-refractivity contribution in [2.45, 2.75) is 24.8 Å². The fourth-order valence-corrected chi connectivity index (χ4v) is 2.92. The van der Waals surface area contributed by atoms with Crippen LogP contribution in [0.15, 0.2) is 28.8 Å². The fraction of sp³-hybridized carbons (Fsp3) is 0.308. The van der Waals surface area contributed by atoms with Gasteiger partial charge in [0, 0.05) is 23.3 Å². The van der Waals surface area contributed by atoms with Gasteiger partial charge in [-0.1, -0.05) is 0 Å². The largest absolute Gasteiger partial charge is 0.455 e. The van der Waals surface area contributed by atoms with Gasteiger partial charge in [0.15, 0.2) is 10.7 Å². The second-order valence-electron chi connectivity index (χ2n) is 5.32. The van der Waals surface area contributed by atoms with Gasteiger partial charge in [-0.2, -0.15) is 40.2 Å². The zero-order valence-electron chi connectivity index (χ0n) is 12.6. The zero-order valence-corrected chi connectivity index (χ0v) is 13.5. The van der Waals surface area contributed by atoms with Gasteiger partial charge in [-0.3, -0.25) is 13.9 Å². The lowest BCUT2D eigenvalue weighted by atomic mass is 10.1. The minimum atomic E-state index is -5.87. The van der Waals surface area contributed by atoms with Gasteiger partial charge in [0.25, 0.3) is 5.56 Å². The van der Waals surface area contributed by atoms with E-state index in [1.165, 1.54) is 5.38 Å². The van der Waals surface area contributed by atoms with Gasteiger partial charge in [-0.15, -0.1) is 11.3 Å². The van der Waals surface area contributed by atoms with Crippen LogP contribution in [0.3, 0.4) is 0 Å². The molecule has 0 unspecified atom stereocenters. The average molecular weight is 418 g/mol. The van der Waals surface area contributed by atoms with Gasteiger partial charge in [-0.05, 0) is 0 Å². The number of alkyl halides is 8. The van der Waals surface area contributed by atoms with Crippen LogP contribution in [0, 0.1) is 0 Å². The second kappa shape index (κ2) is 6.00. The van der Waals surface area contributed by atoms with E-state index in [0.717, 1.165) is 21.9 Å². The summed E-state index contributed by atoms with van der Waals surface area (Å²) < 4.78 is 104. The highest BCUT2D eigenvalue weighted by Gasteiger charge is 2.57. The molecule has 146 valence electrons. The first kappa shape index (κ1) is 19.3. The Morgan fingerprint density at radius 2 is 1.74 bits per heavy atom. The fourth-order valence-electron chi connectivity index (χ4n) is 2.22. The van der Waals surface area contributed by atoms with Gasteiger partial charge in [-0.25, -0.2) is 4.98 Å². The lowest BCUT2D eigenvalue weighted by Crippen LogP contribution is -2.40. The smallest absolute Gasteiger partial charge is 0.268 e. The third-order valence-electron chi connectivity index (χ3n) is 3.43. The van der Waals surface area contributed by atoms with Crippen LogP contribution in [-0.4, -0.2) is 31.3 Å². The van der Waals surface area contributed by atoms with Crippen molar-refractivity contribution in [1.29, 1.82) is 0 Å². The van der Waals surface area contributed by atoms with E-state index in [1.807, 2.05) is 0 Å². The number of fused-ring (bicyclic) bond motifs is 1. The first-order chi connectivity index (χ1) is 12.3. The summed E-state index contributed by atoms with van der Waals surface area (Å²) in [7, 11) is 0. The molecular weight excluding hydrogens is 412 g/mol. The van der Waals surface area contributed by atoms with E-state index < -0.39 is 47.2 Å².